The van der Waals surface area contributed by atoms with Crippen molar-refractivity contribution >= 4 is 23.7 Å². The van der Waals surface area contributed by atoms with Gasteiger partial charge in [-0.2, -0.15) is 0 Å². The van der Waals surface area contributed by atoms with Crippen molar-refractivity contribution in [1.29, 1.82) is 0 Å². The maximum Gasteiger partial charge on any atom is 0.321 e. The van der Waals surface area contributed by atoms with Crippen LogP contribution in [0.15, 0.2) is 53.7 Å². The molecule has 1 atom stereocenters. The summed E-state index contributed by atoms with van der Waals surface area (Å²) < 4.78 is 11.9. The molecule has 0 spiro atoms. The van der Waals surface area contributed by atoms with E-state index in [-0.39, 0.29) is 0 Å². The summed E-state index contributed by atoms with van der Waals surface area (Å²) in [6.45, 7) is 0. The average Bonchev–Trinajstić information content (AvgIpc) is 3.17. The van der Waals surface area contributed by atoms with E-state index in [4.69, 9.17) is 15.3 Å². The van der Waals surface area contributed by atoms with Gasteiger partial charge >= 0.3 is 6.03 Å². The monoisotopic (exact) mass is 442 g/mol. The molecule has 0 fully saturated rings. The van der Waals surface area contributed by atoms with Crippen LogP contribution in [0, 0.1) is 0 Å². The lowest BCUT2D eigenvalue weighted by Crippen LogP contribution is -2.39. The van der Waals surface area contributed by atoms with Gasteiger partial charge in [0.2, 0.25) is 11.1 Å². The highest BCUT2D eigenvalue weighted by atomic mass is 32.2. The number of urea groups is 1. The summed E-state index contributed by atoms with van der Waals surface area (Å²) in [6.07, 6.45) is 0. The van der Waals surface area contributed by atoms with E-state index < -0.39 is 17.2 Å². The zero-order valence-corrected chi connectivity index (χ0v) is 18.0. The number of benzene rings is 2. The summed E-state index contributed by atoms with van der Waals surface area (Å²) in [7, 11) is 4.51. The molecule has 3 amide bonds. The van der Waals surface area contributed by atoms with Gasteiger partial charge in [0.15, 0.2) is 17.3 Å². The Kier molecular flexibility index (Phi) is 6.98. The second-order valence-electron chi connectivity index (χ2n) is 6.22. The van der Waals surface area contributed by atoms with Gasteiger partial charge in [-0.05, 0) is 23.8 Å². The number of carbonyl (C=O) groups is 2. The van der Waals surface area contributed by atoms with Gasteiger partial charge in [-0.3, -0.25) is 10.1 Å². The molecule has 1 heterocycles. The molecule has 1 aromatic heterocycles. The first-order chi connectivity index (χ1) is 15.0. The lowest BCUT2D eigenvalue weighted by Gasteiger charge is -2.15. The second kappa shape index (κ2) is 9.85. The number of aromatic nitrogens is 3. The fraction of sp³-hybridized carbons (Fsp3) is 0.200. The number of ether oxygens (including phenoxy) is 2. The highest BCUT2D eigenvalue weighted by Gasteiger charge is 2.27. The van der Waals surface area contributed by atoms with Crippen molar-refractivity contribution in [3.63, 3.8) is 0 Å². The third-order valence-corrected chi connectivity index (χ3v) is 5.54. The second-order valence-corrected chi connectivity index (χ2v) is 7.30. The van der Waals surface area contributed by atoms with Crippen LogP contribution < -0.4 is 25.9 Å². The van der Waals surface area contributed by atoms with Crippen LogP contribution in [0.2, 0.25) is 0 Å². The van der Waals surface area contributed by atoms with Gasteiger partial charge in [0.1, 0.15) is 5.25 Å². The first kappa shape index (κ1) is 22.0. The highest BCUT2D eigenvalue weighted by molar-refractivity contribution is 8.00. The summed E-state index contributed by atoms with van der Waals surface area (Å²) in [5.41, 5.74) is 1.34. The zero-order chi connectivity index (χ0) is 22.4. The van der Waals surface area contributed by atoms with Crippen molar-refractivity contribution in [2.45, 2.75) is 10.4 Å². The number of nitrogen functional groups attached to an aromatic ring is 1. The predicted molar refractivity (Wildman–Crippen MR) is 116 cm³/mol. The fourth-order valence-corrected chi connectivity index (χ4v) is 3.73. The highest BCUT2D eigenvalue weighted by Crippen LogP contribution is 2.36. The molecule has 11 heteroatoms. The molecular weight excluding hydrogens is 420 g/mol. The molecule has 3 rings (SSSR count). The molecule has 3 aromatic rings. The van der Waals surface area contributed by atoms with Gasteiger partial charge in [0.25, 0.3) is 0 Å². The number of carbonyl (C=O) groups excluding carboxylic acids is 2. The van der Waals surface area contributed by atoms with Crippen molar-refractivity contribution < 1.29 is 19.1 Å². The number of hydrogen-bond acceptors (Lipinski definition) is 8. The quantitative estimate of drug-likeness (QED) is 0.374. The molecular formula is C20H22N6O4S. The summed E-state index contributed by atoms with van der Waals surface area (Å²) >= 11 is 1.08. The van der Waals surface area contributed by atoms with Crippen molar-refractivity contribution in [3.8, 4) is 22.9 Å². The molecule has 0 aliphatic rings. The van der Waals surface area contributed by atoms with Gasteiger partial charge in [0, 0.05) is 12.6 Å². The maximum absolute atomic E-state index is 12.7. The van der Waals surface area contributed by atoms with E-state index in [0.717, 1.165) is 11.8 Å². The van der Waals surface area contributed by atoms with Crippen LogP contribution >= 0.6 is 11.8 Å². The Morgan fingerprint density at radius 1 is 1.06 bits per heavy atom. The molecule has 0 bridgehead atoms. The van der Waals surface area contributed by atoms with Crippen LogP contribution in [0.25, 0.3) is 11.4 Å². The van der Waals surface area contributed by atoms with Crippen molar-refractivity contribution in [1.82, 2.24) is 25.5 Å². The number of hydrogen-bond donors (Lipinski definition) is 3. The summed E-state index contributed by atoms with van der Waals surface area (Å²) in [6, 6.07) is 13.6. The Morgan fingerprint density at radius 2 is 1.77 bits per heavy atom. The smallest absolute Gasteiger partial charge is 0.321 e. The predicted octanol–water partition coefficient (Wildman–Crippen LogP) is 1.97. The minimum Gasteiger partial charge on any atom is -0.493 e. The normalized spacial score (nSPS) is 11.5. The maximum atomic E-state index is 12.7. The van der Waals surface area contributed by atoms with E-state index >= 15 is 0 Å². The molecule has 0 radical (unpaired) electrons. The summed E-state index contributed by atoms with van der Waals surface area (Å²) in [4.78, 5) is 24.4. The molecule has 0 unspecified atom stereocenters. The van der Waals surface area contributed by atoms with Crippen LogP contribution in [-0.4, -0.2) is 48.1 Å². The first-order valence-corrected chi connectivity index (χ1v) is 10.0. The lowest BCUT2D eigenvalue weighted by atomic mass is 10.1. The molecule has 4 N–H and O–H groups in total. The van der Waals surface area contributed by atoms with E-state index in [1.165, 1.54) is 18.8 Å². The van der Waals surface area contributed by atoms with Crippen LogP contribution in [0.4, 0.5) is 4.79 Å². The van der Waals surface area contributed by atoms with Crippen LogP contribution in [0.5, 0.6) is 11.5 Å². The van der Waals surface area contributed by atoms with Gasteiger partial charge < -0.3 is 20.6 Å². The molecule has 162 valence electrons. The number of amides is 3. The van der Waals surface area contributed by atoms with Crippen LogP contribution in [0.1, 0.15) is 10.8 Å². The van der Waals surface area contributed by atoms with Crippen LogP contribution in [0.3, 0.4) is 0 Å². The average molecular weight is 443 g/mol. The minimum absolute atomic E-state index is 0.297. The topological polar surface area (TPSA) is 133 Å². The van der Waals surface area contributed by atoms with E-state index in [2.05, 4.69) is 20.8 Å². The number of imide groups is 1. The van der Waals surface area contributed by atoms with Crippen molar-refractivity contribution in [3.05, 3.63) is 54.1 Å². The van der Waals surface area contributed by atoms with Gasteiger partial charge in [0.05, 0.1) is 14.2 Å². The molecule has 31 heavy (non-hydrogen) atoms. The van der Waals surface area contributed by atoms with Crippen LogP contribution in [-0.2, 0) is 4.79 Å². The van der Waals surface area contributed by atoms with E-state index in [1.807, 2.05) is 6.07 Å². The Bertz CT molecular complexity index is 1070. The van der Waals surface area contributed by atoms with E-state index in [9.17, 15) is 9.59 Å². The number of thioether (sulfide) groups is 1. The van der Waals surface area contributed by atoms with Gasteiger partial charge in [-0.15, -0.1) is 10.2 Å². The third-order valence-electron chi connectivity index (χ3n) is 4.33. The molecule has 0 aliphatic carbocycles. The number of nitrogens with zero attached hydrogens (tertiary/aromatic N) is 3. The summed E-state index contributed by atoms with van der Waals surface area (Å²) in [5, 5.41) is 12.5. The SMILES string of the molecule is CNC(=O)NC(=O)[C@@H](Sc1nnc(-c2ccc(OC)c(OC)c2)n1N)c1ccccc1. The van der Waals surface area contributed by atoms with Gasteiger partial charge in [-0.1, -0.05) is 42.1 Å². The number of nitrogens with two attached hydrogens (primary N) is 1. The fourth-order valence-electron chi connectivity index (χ4n) is 2.78. The Balaban J connectivity index is 1.92. The summed E-state index contributed by atoms with van der Waals surface area (Å²) in [5.74, 6) is 7.19. The Morgan fingerprint density at radius 3 is 2.42 bits per heavy atom. The van der Waals surface area contributed by atoms with E-state index in [1.54, 1.807) is 49.6 Å². The zero-order valence-electron chi connectivity index (χ0n) is 17.2. The van der Waals surface area contributed by atoms with Crippen molar-refractivity contribution in [2.24, 2.45) is 0 Å². The number of methoxy groups -OCH3 is 2. The Labute approximate surface area is 183 Å². The molecule has 10 nitrogen and oxygen atoms in total. The third kappa shape index (κ3) is 4.89. The van der Waals surface area contributed by atoms with Gasteiger partial charge in [-0.25, -0.2) is 9.47 Å². The Hall–Kier alpha value is -3.73. The lowest BCUT2D eigenvalue weighted by molar-refractivity contribution is -0.119. The standard InChI is InChI=1S/C20H22N6O4S/c1-22-19(28)23-18(27)16(12-7-5-4-6-8-12)31-20-25-24-17(26(20)21)13-9-10-14(29-2)15(11-13)30-3/h4-11,16H,21H2,1-3H3,(H2,22,23,27,28)/t16-/m0/s1. The number of nitrogens with one attached hydrogen (secondary N) is 2. The first-order valence-electron chi connectivity index (χ1n) is 9.15. The molecule has 0 saturated carbocycles. The minimum atomic E-state index is -0.775. The van der Waals surface area contributed by atoms with Crippen molar-refractivity contribution in [2.75, 3.05) is 27.1 Å². The molecule has 2 aromatic carbocycles. The largest absolute Gasteiger partial charge is 0.493 e. The van der Waals surface area contributed by atoms with E-state index in [0.29, 0.717) is 33.6 Å². The number of rotatable bonds is 7. The molecule has 0 saturated heterocycles. The molecule has 0 aliphatic heterocycles.